The van der Waals surface area contributed by atoms with Gasteiger partial charge in [0.25, 0.3) is 0 Å². The minimum absolute atomic E-state index is 0.451. The molecule has 0 aromatic heterocycles. The molecule has 0 aliphatic heterocycles. The quantitative estimate of drug-likeness (QED) is 0.544. The number of rotatable bonds is 6. The van der Waals surface area contributed by atoms with Gasteiger partial charge in [-0.3, -0.25) is 4.79 Å². The number of aliphatic hydroxyl groups is 1. The van der Waals surface area contributed by atoms with Crippen molar-refractivity contribution in [3.63, 3.8) is 0 Å². The van der Waals surface area contributed by atoms with E-state index in [1.54, 1.807) is 20.8 Å². The van der Waals surface area contributed by atoms with E-state index >= 15 is 0 Å². The van der Waals surface area contributed by atoms with E-state index in [0.717, 1.165) is 0 Å². The highest BCUT2D eigenvalue weighted by Gasteiger charge is 2.41. The molecule has 0 saturated heterocycles. The van der Waals surface area contributed by atoms with Crippen LogP contribution in [-0.4, -0.2) is 51.1 Å². The fourth-order valence-electron chi connectivity index (χ4n) is 1.23. The highest BCUT2D eigenvalue weighted by molar-refractivity contribution is 5.85. The smallest absolute Gasteiger partial charge is 0.408 e. The van der Waals surface area contributed by atoms with Crippen molar-refractivity contribution in [2.75, 3.05) is 6.61 Å². The van der Waals surface area contributed by atoms with Crippen LogP contribution in [0, 0.1) is 0 Å². The molecule has 0 spiro atoms. The fourth-order valence-corrected chi connectivity index (χ4v) is 1.23. The predicted molar refractivity (Wildman–Crippen MR) is 63.7 cm³/mol. The largest absolute Gasteiger partial charge is 0.481 e. The Morgan fingerprint density at radius 1 is 1.16 bits per heavy atom. The Kier molecular flexibility index (Phi) is 5.76. The van der Waals surface area contributed by atoms with Gasteiger partial charge in [0.15, 0.2) is 5.54 Å². The van der Waals surface area contributed by atoms with Crippen LogP contribution in [0.15, 0.2) is 0 Å². The monoisotopic (exact) mass is 277 g/mol. The van der Waals surface area contributed by atoms with Gasteiger partial charge in [-0.1, -0.05) is 0 Å². The van der Waals surface area contributed by atoms with Crippen molar-refractivity contribution in [3.05, 3.63) is 0 Å². The van der Waals surface area contributed by atoms with Crippen LogP contribution in [-0.2, 0) is 14.3 Å². The van der Waals surface area contributed by atoms with Crippen LogP contribution < -0.4 is 5.32 Å². The zero-order valence-corrected chi connectivity index (χ0v) is 11.1. The molecule has 110 valence electrons. The topological polar surface area (TPSA) is 133 Å². The average Bonchev–Trinajstić information content (AvgIpc) is 2.20. The van der Waals surface area contributed by atoms with Gasteiger partial charge >= 0.3 is 18.0 Å². The van der Waals surface area contributed by atoms with E-state index in [0.29, 0.717) is 0 Å². The van der Waals surface area contributed by atoms with Crippen LogP contribution in [0.5, 0.6) is 0 Å². The third-order valence-electron chi connectivity index (χ3n) is 2.19. The first kappa shape index (κ1) is 17.2. The molecule has 0 aliphatic carbocycles. The first-order valence-corrected chi connectivity index (χ1v) is 5.59. The van der Waals surface area contributed by atoms with E-state index in [2.05, 4.69) is 0 Å². The first-order chi connectivity index (χ1) is 8.52. The van der Waals surface area contributed by atoms with E-state index < -0.39 is 48.6 Å². The van der Waals surface area contributed by atoms with Crippen molar-refractivity contribution < 1.29 is 34.4 Å². The molecular weight excluding hydrogens is 258 g/mol. The van der Waals surface area contributed by atoms with Crippen molar-refractivity contribution in [3.8, 4) is 0 Å². The van der Waals surface area contributed by atoms with E-state index in [1.165, 1.54) is 0 Å². The van der Waals surface area contributed by atoms with Gasteiger partial charge < -0.3 is 25.4 Å². The molecule has 0 aromatic carbocycles. The number of hydrogen-bond donors (Lipinski definition) is 4. The SMILES string of the molecule is CC(C)(C)OC(=O)N[C@@](CO)(CCC(=O)O)C(=O)O. The number of alkyl carbamates (subject to hydrolysis) is 1. The number of carboxylic acid groups (broad SMARTS) is 2. The van der Waals surface area contributed by atoms with Crippen molar-refractivity contribution in [2.45, 2.75) is 44.8 Å². The molecule has 0 saturated carbocycles. The number of aliphatic hydroxyl groups excluding tert-OH is 1. The minimum Gasteiger partial charge on any atom is -0.481 e. The third-order valence-corrected chi connectivity index (χ3v) is 2.19. The zero-order valence-electron chi connectivity index (χ0n) is 11.1. The maximum Gasteiger partial charge on any atom is 0.408 e. The Bertz CT molecular complexity index is 361. The Morgan fingerprint density at radius 2 is 1.68 bits per heavy atom. The summed E-state index contributed by atoms with van der Waals surface area (Å²) in [6.07, 6.45) is -2.00. The lowest BCUT2D eigenvalue weighted by molar-refractivity contribution is -0.148. The summed E-state index contributed by atoms with van der Waals surface area (Å²) in [4.78, 5) is 33.2. The van der Waals surface area contributed by atoms with Crippen LogP contribution in [0.4, 0.5) is 4.79 Å². The number of ether oxygens (including phenoxy) is 1. The summed E-state index contributed by atoms with van der Waals surface area (Å²) < 4.78 is 4.88. The summed E-state index contributed by atoms with van der Waals surface area (Å²) in [6.45, 7) is 3.83. The lowest BCUT2D eigenvalue weighted by atomic mass is 9.94. The zero-order chi connectivity index (χ0) is 15.3. The highest BCUT2D eigenvalue weighted by Crippen LogP contribution is 2.15. The Hall–Kier alpha value is -1.83. The number of aliphatic carboxylic acids is 2. The van der Waals surface area contributed by atoms with Crippen LogP contribution in [0.2, 0.25) is 0 Å². The van der Waals surface area contributed by atoms with Crippen LogP contribution in [0.1, 0.15) is 33.6 Å². The van der Waals surface area contributed by atoms with E-state index in [1.807, 2.05) is 5.32 Å². The molecule has 8 nitrogen and oxygen atoms in total. The molecule has 0 unspecified atom stereocenters. The normalized spacial score (nSPS) is 14.3. The van der Waals surface area contributed by atoms with Crippen LogP contribution in [0.3, 0.4) is 0 Å². The van der Waals surface area contributed by atoms with Gasteiger partial charge in [0.2, 0.25) is 0 Å². The molecule has 4 N–H and O–H groups in total. The molecule has 8 heteroatoms. The summed E-state index contributed by atoms with van der Waals surface area (Å²) in [5, 5.41) is 28.8. The highest BCUT2D eigenvalue weighted by atomic mass is 16.6. The van der Waals surface area contributed by atoms with Crippen LogP contribution in [0.25, 0.3) is 0 Å². The van der Waals surface area contributed by atoms with Gasteiger partial charge in [-0.2, -0.15) is 0 Å². The second kappa shape index (κ2) is 6.37. The number of nitrogens with one attached hydrogen (secondary N) is 1. The molecule has 0 bridgehead atoms. The van der Waals surface area contributed by atoms with Crippen molar-refractivity contribution in [2.24, 2.45) is 0 Å². The van der Waals surface area contributed by atoms with Gasteiger partial charge in [-0.15, -0.1) is 0 Å². The molecule has 0 rings (SSSR count). The number of carboxylic acids is 2. The molecule has 0 radical (unpaired) electrons. The molecule has 0 aliphatic rings. The Balaban J connectivity index is 4.90. The van der Waals surface area contributed by atoms with Crippen molar-refractivity contribution in [1.82, 2.24) is 5.32 Å². The maximum atomic E-state index is 11.5. The van der Waals surface area contributed by atoms with Gasteiger partial charge in [0.1, 0.15) is 5.60 Å². The van der Waals surface area contributed by atoms with Crippen molar-refractivity contribution in [1.29, 1.82) is 0 Å². The van der Waals surface area contributed by atoms with Gasteiger partial charge in [-0.05, 0) is 27.2 Å². The summed E-state index contributed by atoms with van der Waals surface area (Å²) in [5.74, 6) is -2.76. The second-order valence-electron chi connectivity index (χ2n) is 5.07. The molecule has 1 atom stereocenters. The number of carbonyl (C=O) groups excluding carboxylic acids is 1. The fraction of sp³-hybridized carbons (Fsp3) is 0.727. The Morgan fingerprint density at radius 3 is 2.00 bits per heavy atom. The molecule has 0 fully saturated rings. The predicted octanol–water partition coefficient (Wildman–Crippen LogP) is 0.192. The molecule has 1 amide bonds. The molecule has 0 aromatic rings. The lowest BCUT2D eigenvalue weighted by Crippen LogP contribution is -2.58. The average molecular weight is 277 g/mol. The number of amides is 1. The minimum atomic E-state index is -2.07. The van der Waals surface area contributed by atoms with Crippen LogP contribution >= 0.6 is 0 Å². The summed E-state index contributed by atoms with van der Waals surface area (Å²) in [6, 6.07) is 0. The molecular formula is C11H19NO7. The molecule has 0 heterocycles. The Labute approximate surface area is 110 Å². The first-order valence-electron chi connectivity index (χ1n) is 5.59. The van der Waals surface area contributed by atoms with E-state index in [9.17, 15) is 14.4 Å². The third kappa shape index (κ3) is 6.05. The van der Waals surface area contributed by atoms with E-state index in [-0.39, 0.29) is 0 Å². The van der Waals surface area contributed by atoms with Crippen molar-refractivity contribution >= 4 is 18.0 Å². The van der Waals surface area contributed by atoms with Gasteiger partial charge in [-0.25, -0.2) is 9.59 Å². The summed E-state index contributed by atoms with van der Waals surface area (Å²) in [5.41, 5.74) is -2.91. The summed E-state index contributed by atoms with van der Waals surface area (Å²) >= 11 is 0. The summed E-state index contributed by atoms with van der Waals surface area (Å²) in [7, 11) is 0. The number of hydrogen-bond acceptors (Lipinski definition) is 5. The van der Waals surface area contributed by atoms with E-state index in [4.69, 9.17) is 20.1 Å². The second-order valence-corrected chi connectivity index (χ2v) is 5.07. The van der Waals surface area contributed by atoms with Gasteiger partial charge in [0, 0.05) is 6.42 Å². The van der Waals surface area contributed by atoms with Gasteiger partial charge in [0.05, 0.1) is 6.61 Å². The molecule has 19 heavy (non-hydrogen) atoms. The maximum absolute atomic E-state index is 11.5. The standard InChI is InChI=1S/C11H19NO7/c1-10(2,3)19-9(18)12-11(6-13,8(16)17)5-4-7(14)15/h13H,4-6H2,1-3H3,(H,12,18)(H,14,15)(H,16,17)/t11-/m1/s1. The number of carbonyl (C=O) groups is 3. The lowest BCUT2D eigenvalue weighted by Gasteiger charge is -2.29.